The molecule has 156 valence electrons. The number of amides is 1. The fourth-order valence-electron chi connectivity index (χ4n) is 2.97. The van der Waals surface area contributed by atoms with Crippen molar-refractivity contribution in [1.29, 1.82) is 0 Å². The van der Waals surface area contributed by atoms with Gasteiger partial charge in [-0.25, -0.2) is 9.48 Å². The van der Waals surface area contributed by atoms with Gasteiger partial charge in [0.25, 0.3) is 5.91 Å². The highest BCUT2D eigenvalue weighted by atomic mass is 16.5. The molecule has 0 saturated heterocycles. The minimum absolute atomic E-state index is 0.167. The molecular formula is C21H27N3O5. The van der Waals surface area contributed by atoms with Crippen LogP contribution in [0.5, 0.6) is 0 Å². The van der Waals surface area contributed by atoms with Gasteiger partial charge in [0.15, 0.2) is 0 Å². The lowest BCUT2D eigenvalue weighted by atomic mass is 10.1. The highest BCUT2D eigenvalue weighted by molar-refractivity contribution is 5.94. The van der Waals surface area contributed by atoms with Crippen molar-refractivity contribution < 1.29 is 23.9 Å². The van der Waals surface area contributed by atoms with E-state index in [1.54, 1.807) is 54.6 Å². The summed E-state index contributed by atoms with van der Waals surface area (Å²) in [6, 6.07) is 6.93. The monoisotopic (exact) mass is 401 g/mol. The SMILES string of the molecule is CCOC(=O)c1cnn(-c2ccc(C(=O)N(CC)C[C@@H](C)C(=O)OC)cc2)c1C. The Labute approximate surface area is 170 Å². The number of aromatic nitrogens is 2. The number of carbonyl (C=O) groups is 3. The van der Waals surface area contributed by atoms with Crippen LogP contribution in [0.2, 0.25) is 0 Å². The topological polar surface area (TPSA) is 90.7 Å². The highest BCUT2D eigenvalue weighted by Crippen LogP contribution is 2.17. The Kier molecular flexibility index (Phi) is 7.52. The van der Waals surface area contributed by atoms with Crippen LogP contribution in [0.15, 0.2) is 30.5 Å². The Hall–Kier alpha value is -3.16. The van der Waals surface area contributed by atoms with Gasteiger partial charge in [-0.3, -0.25) is 9.59 Å². The number of methoxy groups -OCH3 is 1. The Bertz CT molecular complexity index is 873. The van der Waals surface area contributed by atoms with Gasteiger partial charge in [-0.2, -0.15) is 5.10 Å². The molecule has 1 heterocycles. The maximum absolute atomic E-state index is 12.8. The summed E-state index contributed by atoms with van der Waals surface area (Å²) in [6.45, 7) is 8.17. The van der Waals surface area contributed by atoms with Crippen molar-refractivity contribution in [3.05, 3.63) is 47.3 Å². The minimum Gasteiger partial charge on any atom is -0.469 e. The number of ether oxygens (including phenoxy) is 2. The summed E-state index contributed by atoms with van der Waals surface area (Å²) < 4.78 is 11.4. The fraction of sp³-hybridized carbons (Fsp3) is 0.429. The first-order valence-corrected chi connectivity index (χ1v) is 9.53. The molecule has 29 heavy (non-hydrogen) atoms. The van der Waals surface area contributed by atoms with Crippen molar-refractivity contribution in [1.82, 2.24) is 14.7 Å². The molecule has 0 N–H and O–H groups in total. The number of benzene rings is 1. The predicted octanol–water partition coefficient (Wildman–Crippen LogP) is 2.63. The van der Waals surface area contributed by atoms with E-state index in [1.165, 1.54) is 13.3 Å². The molecule has 0 aliphatic carbocycles. The van der Waals surface area contributed by atoms with Crippen LogP contribution in [0.3, 0.4) is 0 Å². The molecule has 0 bridgehead atoms. The Morgan fingerprint density at radius 2 is 1.83 bits per heavy atom. The molecule has 0 fully saturated rings. The van der Waals surface area contributed by atoms with Crippen molar-refractivity contribution in [2.24, 2.45) is 5.92 Å². The Balaban J connectivity index is 2.18. The number of esters is 2. The van der Waals surface area contributed by atoms with E-state index in [-0.39, 0.29) is 18.4 Å². The van der Waals surface area contributed by atoms with Crippen molar-refractivity contribution >= 4 is 17.8 Å². The number of rotatable bonds is 8. The predicted molar refractivity (Wildman–Crippen MR) is 107 cm³/mol. The molecule has 8 heteroatoms. The average molecular weight is 401 g/mol. The molecular weight excluding hydrogens is 374 g/mol. The molecule has 1 amide bonds. The van der Waals surface area contributed by atoms with Gasteiger partial charge in [0.05, 0.1) is 37.2 Å². The third-order valence-electron chi connectivity index (χ3n) is 4.63. The van der Waals surface area contributed by atoms with Crippen LogP contribution in [-0.4, -0.2) is 59.3 Å². The molecule has 1 aromatic heterocycles. The Morgan fingerprint density at radius 3 is 2.38 bits per heavy atom. The highest BCUT2D eigenvalue weighted by Gasteiger charge is 2.22. The number of nitrogens with zero attached hydrogens (tertiary/aromatic N) is 3. The number of hydrogen-bond donors (Lipinski definition) is 0. The van der Waals surface area contributed by atoms with Crippen LogP contribution in [0.4, 0.5) is 0 Å². The second kappa shape index (κ2) is 9.86. The van der Waals surface area contributed by atoms with Gasteiger partial charge in [0.1, 0.15) is 5.56 Å². The van der Waals surface area contributed by atoms with E-state index in [1.807, 2.05) is 6.92 Å². The molecule has 0 aliphatic rings. The Morgan fingerprint density at radius 1 is 1.17 bits per heavy atom. The smallest absolute Gasteiger partial charge is 0.341 e. The normalized spacial score (nSPS) is 11.6. The molecule has 0 aliphatic heterocycles. The zero-order chi connectivity index (χ0) is 21.6. The quantitative estimate of drug-likeness (QED) is 0.632. The number of carbonyl (C=O) groups excluding carboxylic acids is 3. The van der Waals surface area contributed by atoms with E-state index in [4.69, 9.17) is 9.47 Å². The first-order valence-electron chi connectivity index (χ1n) is 9.53. The summed E-state index contributed by atoms with van der Waals surface area (Å²) in [7, 11) is 1.33. The van der Waals surface area contributed by atoms with Gasteiger partial charge < -0.3 is 14.4 Å². The van der Waals surface area contributed by atoms with E-state index in [0.717, 1.165) is 5.69 Å². The molecule has 0 spiro atoms. The van der Waals surface area contributed by atoms with Crippen molar-refractivity contribution in [2.45, 2.75) is 27.7 Å². The van der Waals surface area contributed by atoms with E-state index in [2.05, 4.69) is 5.10 Å². The van der Waals surface area contributed by atoms with Gasteiger partial charge >= 0.3 is 11.9 Å². The maximum Gasteiger partial charge on any atom is 0.341 e. The molecule has 8 nitrogen and oxygen atoms in total. The van der Waals surface area contributed by atoms with Crippen molar-refractivity contribution in [3.8, 4) is 5.69 Å². The van der Waals surface area contributed by atoms with E-state index in [9.17, 15) is 14.4 Å². The lowest BCUT2D eigenvalue weighted by Gasteiger charge is -2.23. The van der Waals surface area contributed by atoms with Crippen LogP contribution in [0.1, 0.15) is 47.2 Å². The minimum atomic E-state index is -0.415. The summed E-state index contributed by atoms with van der Waals surface area (Å²) >= 11 is 0. The zero-order valence-electron chi connectivity index (χ0n) is 17.5. The molecule has 1 aromatic carbocycles. The molecule has 0 radical (unpaired) electrons. The van der Waals surface area contributed by atoms with E-state index in [0.29, 0.717) is 30.0 Å². The average Bonchev–Trinajstić information content (AvgIpc) is 3.12. The second-order valence-electron chi connectivity index (χ2n) is 6.59. The zero-order valence-corrected chi connectivity index (χ0v) is 17.5. The molecule has 0 saturated carbocycles. The fourth-order valence-corrected chi connectivity index (χ4v) is 2.97. The molecule has 2 rings (SSSR count). The summed E-state index contributed by atoms with van der Waals surface area (Å²) in [5, 5.41) is 4.25. The van der Waals surface area contributed by atoms with E-state index < -0.39 is 11.9 Å². The van der Waals surface area contributed by atoms with Crippen LogP contribution < -0.4 is 0 Å². The van der Waals surface area contributed by atoms with Crippen LogP contribution >= 0.6 is 0 Å². The third kappa shape index (κ3) is 5.01. The molecule has 1 atom stereocenters. The molecule has 2 aromatic rings. The lowest BCUT2D eigenvalue weighted by Crippen LogP contribution is -2.37. The van der Waals surface area contributed by atoms with Gasteiger partial charge in [0, 0.05) is 18.7 Å². The second-order valence-corrected chi connectivity index (χ2v) is 6.59. The molecule has 0 unspecified atom stereocenters. The van der Waals surface area contributed by atoms with Crippen LogP contribution in [-0.2, 0) is 14.3 Å². The van der Waals surface area contributed by atoms with Crippen LogP contribution in [0.25, 0.3) is 5.69 Å². The number of hydrogen-bond acceptors (Lipinski definition) is 6. The van der Waals surface area contributed by atoms with Gasteiger partial charge in [-0.15, -0.1) is 0 Å². The standard InChI is InChI=1S/C21H27N3O5/c1-6-23(13-14(3)20(26)28-5)19(25)16-8-10-17(11-9-16)24-15(4)18(12-22-24)21(27)29-7-2/h8-12,14H,6-7,13H2,1-5H3/t14-/m1/s1. The first-order chi connectivity index (χ1) is 13.8. The van der Waals surface area contributed by atoms with Crippen molar-refractivity contribution in [3.63, 3.8) is 0 Å². The van der Waals surface area contributed by atoms with Gasteiger partial charge in [-0.1, -0.05) is 6.92 Å². The van der Waals surface area contributed by atoms with Gasteiger partial charge in [0.2, 0.25) is 0 Å². The maximum atomic E-state index is 12.8. The van der Waals surface area contributed by atoms with Crippen LogP contribution in [0, 0.1) is 12.8 Å². The van der Waals surface area contributed by atoms with Gasteiger partial charge in [-0.05, 0) is 45.0 Å². The van der Waals surface area contributed by atoms with Crippen molar-refractivity contribution in [2.75, 3.05) is 26.8 Å². The summed E-state index contributed by atoms with van der Waals surface area (Å²) in [6.07, 6.45) is 1.47. The summed E-state index contributed by atoms with van der Waals surface area (Å²) in [5.74, 6) is -1.34. The largest absolute Gasteiger partial charge is 0.469 e. The van der Waals surface area contributed by atoms with E-state index >= 15 is 0 Å². The summed E-state index contributed by atoms with van der Waals surface area (Å²) in [4.78, 5) is 38.0. The third-order valence-corrected chi connectivity index (χ3v) is 4.63. The first kappa shape index (κ1) is 22.1. The summed E-state index contributed by atoms with van der Waals surface area (Å²) in [5.41, 5.74) is 2.29. The lowest BCUT2D eigenvalue weighted by molar-refractivity contribution is -0.145.